The highest BCUT2D eigenvalue weighted by atomic mass is 16.7. The Balaban J connectivity index is 1.76. The van der Waals surface area contributed by atoms with E-state index in [1.807, 2.05) is 24.3 Å². The normalized spacial score (nSPS) is 20.3. The third-order valence-electron chi connectivity index (χ3n) is 6.37. The van der Waals surface area contributed by atoms with E-state index >= 15 is 0 Å². The highest BCUT2D eigenvalue weighted by molar-refractivity contribution is 6.02. The number of anilines is 1. The molecule has 0 unspecified atom stereocenters. The minimum Gasteiger partial charge on any atom is -0.493 e. The van der Waals surface area contributed by atoms with Crippen molar-refractivity contribution in [2.24, 2.45) is 5.41 Å². The second-order valence-corrected chi connectivity index (χ2v) is 9.14. The van der Waals surface area contributed by atoms with Gasteiger partial charge in [-0.1, -0.05) is 13.8 Å². The molecule has 7 heteroatoms. The van der Waals surface area contributed by atoms with E-state index in [9.17, 15) is 4.79 Å². The summed E-state index contributed by atoms with van der Waals surface area (Å²) < 4.78 is 28.0. The molecule has 1 atom stereocenters. The van der Waals surface area contributed by atoms with Crippen LogP contribution in [-0.4, -0.2) is 33.9 Å². The lowest BCUT2D eigenvalue weighted by atomic mass is 9.68. The first-order valence-electron chi connectivity index (χ1n) is 10.6. The van der Waals surface area contributed by atoms with E-state index < -0.39 is 0 Å². The molecule has 3 aliphatic rings. The van der Waals surface area contributed by atoms with Crippen molar-refractivity contribution in [2.75, 3.05) is 33.4 Å². The Morgan fingerprint density at radius 3 is 2.22 bits per heavy atom. The number of Topliss-reactive ketones (excluding diaryl/α,β-unsaturated/α-hetero) is 1. The molecular weight excluding hydrogens is 410 g/mol. The quantitative estimate of drug-likeness (QED) is 0.747. The predicted molar refractivity (Wildman–Crippen MR) is 119 cm³/mol. The van der Waals surface area contributed by atoms with Crippen molar-refractivity contribution in [2.45, 2.75) is 32.6 Å². The molecule has 0 amide bonds. The summed E-state index contributed by atoms with van der Waals surface area (Å²) in [5, 5.41) is 3.53. The number of benzene rings is 2. The summed E-state index contributed by atoms with van der Waals surface area (Å²) >= 11 is 0. The molecule has 0 saturated carbocycles. The zero-order chi connectivity index (χ0) is 22.6. The molecule has 2 heterocycles. The van der Waals surface area contributed by atoms with Gasteiger partial charge in [0.15, 0.2) is 28.8 Å². The zero-order valence-electron chi connectivity index (χ0n) is 19.0. The van der Waals surface area contributed by atoms with Gasteiger partial charge < -0.3 is 29.0 Å². The molecule has 7 nitrogen and oxygen atoms in total. The molecule has 32 heavy (non-hydrogen) atoms. The Morgan fingerprint density at radius 2 is 1.59 bits per heavy atom. The first-order chi connectivity index (χ1) is 15.3. The van der Waals surface area contributed by atoms with E-state index in [0.29, 0.717) is 35.2 Å². The minimum atomic E-state index is -0.298. The predicted octanol–water partition coefficient (Wildman–Crippen LogP) is 4.64. The van der Waals surface area contributed by atoms with Crippen LogP contribution >= 0.6 is 0 Å². The van der Waals surface area contributed by atoms with Gasteiger partial charge in [-0.25, -0.2) is 0 Å². The maximum atomic E-state index is 13.5. The highest BCUT2D eigenvalue weighted by Gasteiger charge is 2.42. The number of ketones is 1. The van der Waals surface area contributed by atoms with E-state index in [1.54, 1.807) is 21.3 Å². The topological polar surface area (TPSA) is 75.3 Å². The summed E-state index contributed by atoms with van der Waals surface area (Å²) in [6.45, 7) is 4.44. The molecule has 0 radical (unpaired) electrons. The number of fused-ring (bicyclic) bond motifs is 2. The smallest absolute Gasteiger partial charge is 0.231 e. The number of allylic oxidation sites excluding steroid dienone is 2. The van der Waals surface area contributed by atoms with Crippen LogP contribution in [0.5, 0.6) is 28.7 Å². The van der Waals surface area contributed by atoms with Gasteiger partial charge in [-0.05, 0) is 41.2 Å². The molecule has 0 fully saturated rings. The van der Waals surface area contributed by atoms with E-state index in [1.165, 1.54) is 0 Å². The monoisotopic (exact) mass is 437 g/mol. The Labute approximate surface area is 187 Å². The van der Waals surface area contributed by atoms with Crippen LogP contribution < -0.4 is 29.0 Å². The number of methoxy groups -OCH3 is 3. The standard InChI is InChI=1S/C25H27NO6/c1-25(2)10-16-23(17(27)11-25)22(13-6-20(28-3)24(30-5)21(7-13)29-4)14-8-18-19(32-12-31-18)9-15(14)26-16/h6-9,22,26H,10-12H2,1-5H3/t22-/m1/s1. The van der Waals surface area contributed by atoms with Crippen LogP contribution in [-0.2, 0) is 4.79 Å². The summed E-state index contributed by atoms with van der Waals surface area (Å²) in [6.07, 6.45) is 1.28. The zero-order valence-corrected chi connectivity index (χ0v) is 19.0. The van der Waals surface area contributed by atoms with Crippen LogP contribution in [0, 0.1) is 5.41 Å². The van der Waals surface area contributed by atoms with Gasteiger partial charge in [-0.3, -0.25) is 4.79 Å². The Hall–Kier alpha value is -3.35. The van der Waals surface area contributed by atoms with Crippen molar-refractivity contribution in [3.8, 4) is 28.7 Å². The number of nitrogens with one attached hydrogen (secondary N) is 1. The molecule has 2 aliphatic heterocycles. The number of hydrogen-bond donors (Lipinski definition) is 1. The van der Waals surface area contributed by atoms with Crippen LogP contribution in [0.25, 0.3) is 0 Å². The van der Waals surface area contributed by atoms with Gasteiger partial charge in [0.25, 0.3) is 0 Å². The number of rotatable bonds is 4. The molecule has 0 bridgehead atoms. The fourth-order valence-corrected chi connectivity index (χ4v) is 5.02. The summed E-state index contributed by atoms with van der Waals surface area (Å²) in [7, 11) is 4.76. The van der Waals surface area contributed by atoms with Gasteiger partial charge >= 0.3 is 0 Å². The maximum Gasteiger partial charge on any atom is 0.231 e. The highest BCUT2D eigenvalue weighted by Crippen LogP contribution is 2.53. The number of carbonyl (C=O) groups is 1. The fraction of sp³-hybridized carbons (Fsp3) is 0.400. The molecule has 5 rings (SSSR count). The SMILES string of the molecule is COc1cc([C@H]2C3=C(CC(C)(C)CC3=O)Nc3cc4c(cc32)OCO4)cc(OC)c1OC. The van der Waals surface area contributed by atoms with Crippen molar-refractivity contribution in [3.05, 3.63) is 46.7 Å². The van der Waals surface area contributed by atoms with E-state index in [0.717, 1.165) is 34.5 Å². The van der Waals surface area contributed by atoms with Crippen LogP contribution in [0.1, 0.15) is 43.7 Å². The van der Waals surface area contributed by atoms with Crippen LogP contribution in [0.2, 0.25) is 0 Å². The first-order valence-corrected chi connectivity index (χ1v) is 10.6. The second-order valence-electron chi connectivity index (χ2n) is 9.14. The maximum absolute atomic E-state index is 13.5. The Kier molecular flexibility index (Phi) is 4.73. The molecule has 0 aromatic heterocycles. The third kappa shape index (κ3) is 3.15. The van der Waals surface area contributed by atoms with Crippen molar-refractivity contribution in [1.29, 1.82) is 0 Å². The van der Waals surface area contributed by atoms with Crippen molar-refractivity contribution >= 4 is 11.5 Å². The van der Waals surface area contributed by atoms with Crippen molar-refractivity contribution in [3.63, 3.8) is 0 Å². The molecule has 168 valence electrons. The lowest BCUT2D eigenvalue weighted by Gasteiger charge is -2.39. The van der Waals surface area contributed by atoms with Gasteiger partial charge in [-0.15, -0.1) is 0 Å². The summed E-state index contributed by atoms with van der Waals surface area (Å²) in [5.41, 5.74) is 4.38. The van der Waals surface area contributed by atoms with E-state index in [-0.39, 0.29) is 23.9 Å². The van der Waals surface area contributed by atoms with Crippen molar-refractivity contribution < 1.29 is 28.5 Å². The Morgan fingerprint density at radius 1 is 0.938 bits per heavy atom. The lowest BCUT2D eigenvalue weighted by Crippen LogP contribution is -2.33. The molecule has 1 aliphatic carbocycles. The van der Waals surface area contributed by atoms with Gasteiger partial charge in [0, 0.05) is 35.4 Å². The number of hydrogen-bond acceptors (Lipinski definition) is 7. The molecule has 0 saturated heterocycles. The molecular formula is C25H27NO6. The fourth-order valence-electron chi connectivity index (χ4n) is 5.02. The van der Waals surface area contributed by atoms with Crippen LogP contribution in [0.4, 0.5) is 5.69 Å². The van der Waals surface area contributed by atoms with Crippen molar-refractivity contribution in [1.82, 2.24) is 0 Å². The summed E-state index contributed by atoms with van der Waals surface area (Å²) in [5.74, 6) is 2.84. The third-order valence-corrected chi connectivity index (χ3v) is 6.37. The van der Waals surface area contributed by atoms with Gasteiger partial charge in [0.2, 0.25) is 12.5 Å². The minimum absolute atomic E-state index is 0.114. The summed E-state index contributed by atoms with van der Waals surface area (Å²) in [6, 6.07) is 7.76. The number of carbonyl (C=O) groups excluding carboxylic acids is 1. The molecule has 1 N–H and O–H groups in total. The molecule has 0 spiro atoms. The van der Waals surface area contributed by atoms with Gasteiger partial charge in [0.1, 0.15) is 0 Å². The van der Waals surface area contributed by atoms with Crippen LogP contribution in [0.3, 0.4) is 0 Å². The van der Waals surface area contributed by atoms with Crippen LogP contribution in [0.15, 0.2) is 35.5 Å². The number of ether oxygens (including phenoxy) is 5. The second kappa shape index (κ2) is 7.36. The summed E-state index contributed by atoms with van der Waals surface area (Å²) in [4.78, 5) is 13.5. The van der Waals surface area contributed by atoms with Gasteiger partial charge in [-0.2, -0.15) is 0 Å². The van der Waals surface area contributed by atoms with Gasteiger partial charge in [0.05, 0.1) is 21.3 Å². The van der Waals surface area contributed by atoms with E-state index in [4.69, 9.17) is 23.7 Å². The lowest BCUT2D eigenvalue weighted by molar-refractivity contribution is -0.118. The largest absolute Gasteiger partial charge is 0.493 e. The first kappa shape index (κ1) is 20.5. The molecule has 2 aromatic carbocycles. The average molecular weight is 437 g/mol. The average Bonchev–Trinajstić information content (AvgIpc) is 3.21. The molecule has 2 aromatic rings. The van der Waals surface area contributed by atoms with E-state index in [2.05, 4.69) is 19.2 Å². The Bertz CT molecular complexity index is 1120.